The van der Waals surface area contributed by atoms with Gasteiger partial charge in [-0.25, -0.2) is 0 Å². The third-order valence-corrected chi connectivity index (χ3v) is 3.81. The van der Waals surface area contributed by atoms with Crippen molar-refractivity contribution in [3.63, 3.8) is 0 Å². The van der Waals surface area contributed by atoms with Gasteiger partial charge in [0.05, 0.1) is 29.6 Å². The molecule has 1 aromatic heterocycles. The first-order chi connectivity index (χ1) is 11.2. The van der Waals surface area contributed by atoms with Crippen molar-refractivity contribution in [1.82, 2.24) is 4.98 Å². The quantitative estimate of drug-likeness (QED) is 0.534. The third-order valence-electron chi connectivity index (χ3n) is 3.28. The van der Waals surface area contributed by atoms with Crippen LogP contribution in [0.2, 0.25) is 10.0 Å². The zero-order valence-electron chi connectivity index (χ0n) is 12.3. The van der Waals surface area contributed by atoms with Crippen molar-refractivity contribution < 1.29 is 4.74 Å². The molecule has 0 saturated heterocycles. The predicted octanol–water partition coefficient (Wildman–Crippen LogP) is 5.00. The van der Waals surface area contributed by atoms with E-state index in [-0.39, 0.29) is 0 Å². The fourth-order valence-electron chi connectivity index (χ4n) is 2.16. The van der Waals surface area contributed by atoms with Gasteiger partial charge in [0.15, 0.2) is 0 Å². The Morgan fingerprint density at radius 2 is 2.00 bits per heavy atom. The summed E-state index contributed by atoms with van der Waals surface area (Å²) in [6, 6.07) is 12.9. The van der Waals surface area contributed by atoms with Gasteiger partial charge in [0, 0.05) is 16.6 Å². The number of rotatable bonds is 4. The van der Waals surface area contributed by atoms with Gasteiger partial charge in [-0.2, -0.15) is 5.10 Å². The predicted molar refractivity (Wildman–Crippen MR) is 96.0 cm³/mol. The van der Waals surface area contributed by atoms with Gasteiger partial charge in [-0.3, -0.25) is 10.4 Å². The molecule has 116 valence electrons. The highest BCUT2D eigenvalue weighted by Gasteiger charge is 2.02. The van der Waals surface area contributed by atoms with Crippen LogP contribution in [0.1, 0.15) is 5.56 Å². The second-order valence-corrected chi connectivity index (χ2v) is 5.63. The molecule has 4 nitrogen and oxygen atoms in total. The van der Waals surface area contributed by atoms with Crippen LogP contribution in [0.3, 0.4) is 0 Å². The second kappa shape index (κ2) is 6.86. The Morgan fingerprint density at radius 3 is 2.78 bits per heavy atom. The number of ether oxygens (including phenoxy) is 1. The lowest BCUT2D eigenvalue weighted by Crippen LogP contribution is -1.93. The van der Waals surface area contributed by atoms with Crippen LogP contribution < -0.4 is 10.2 Å². The van der Waals surface area contributed by atoms with Crippen LogP contribution in [0.5, 0.6) is 5.75 Å². The largest absolute Gasteiger partial charge is 0.495 e. The maximum Gasteiger partial charge on any atom is 0.137 e. The maximum absolute atomic E-state index is 6.09. The number of halogens is 2. The molecule has 0 unspecified atom stereocenters. The summed E-state index contributed by atoms with van der Waals surface area (Å²) >= 11 is 12.1. The molecule has 0 aliphatic heterocycles. The van der Waals surface area contributed by atoms with E-state index >= 15 is 0 Å². The van der Waals surface area contributed by atoms with Crippen LogP contribution in [0, 0.1) is 0 Å². The minimum atomic E-state index is 0.542. The summed E-state index contributed by atoms with van der Waals surface area (Å²) in [4.78, 5) is 4.29. The number of benzene rings is 2. The molecule has 0 aliphatic carbocycles. The summed E-state index contributed by atoms with van der Waals surface area (Å²) in [6.07, 6.45) is 3.40. The van der Waals surface area contributed by atoms with Gasteiger partial charge in [0.1, 0.15) is 5.75 Å². The number of methoxy groups -OCH3 is 1. The van der Waals surface area contributed by atoms with E-state index < -0.39 is 0 Å². The van der Waals surface area contributed by atoms with E-state index in [9.17, 15) is 0 Å². The lowest BCUT2D eigenvalue weighted by molar-refractivity contribution is 0.415. The van der Waals surface area contributed by atoms with Crippen LogP contribution >= 0.6 is 23.2 Å². The first-order valence-electron chi connectivity index (χ1n) is 6.84. The number of hydrazone groups is 1. The molecule has 0 aliphatic rings. The number of anilines is 1. The fraction of sp³-hybridized carbons (Fsp3) is 0.0588. The zero-order chi connectivity index (χ0) is 16.2. The topological polar surface area (TPSA) is 46.5 Å². The van der Waals surface area contributed by atoms with Crippen molar-refractivity contribution in [2.24, 2.45) is 5.10 Å². The Bertz CT molecular complexity index is 881. The molecule has 0 saturated carbocycles. The number of fused-ring (bicyclic) bond motifs is 1. The standard InChI is InChI=1S/C17H13Cl2N3O/c1-23-17-5-2-11(8-14(17)19)10-21-22-15-6-7-20-16-9-12(18)3-4-13(15)16/h2-10H,1H3,(H,20,22)/b21-10+. The molecule has 23 heavy (non-hydrogen) atoms. The van der Waals surface area contributed by atoms with Crippen molar-refractivity contribution in [2.75, 3.05) is 12.5 Å². The number of hydrogen-bond acceptors (Lipinski definition) is 4. The van der Waals surface area contributed by atoms with E-state index in [0.29, 0.717) is 15.8 Å². The first kappa shape index (κ1) is 15.6. The minimum Gasteiger partial charge on any atom is -0.495 e. The summed E-state index contributed by atoms with van der Waals surface area (Å²) in [5.74, 6) is 0.633. The molecule has 6 heteroatoms. The molecular weight excluding hydrogens is 333 g/mol. The molecule has 0 spiro atoms. The van der Waals surface area contributed by atoms with E-state index in [1.54, 1.807) is 31.7 Å². The van der Waals surface area contributed by atoms with E-state index in [0.717, 1.165) is 22.2 Å². The average molecular weight is 346 g/mol. The van der Waals surface area contributed by atoms with Gasteiger partial charge >= 0.3 is 0 Å². The third kappa shape index (κ3) is 3.55. The van der Waals surface area contributed by atoms with Gasteiger partial charge < -0.3 is 4.74 Å². The van der Waals surface area contributed by atoms with E-state index in [4.69, 9.17) is 27.9 Å². The summed E-state index contributed by atoms with van der Waals surface area (Å²) in [5.41, 5.74) is 5.54. The van der Waals surface area contributed by atoms with Crippen LogP contribution in [-0.4, -0.2) is 18.3 Å². The molecule has 0 radical (unpaired) electrons. The van der Waals surface area contributed by atoms with Crippen molar-refractivity contribution in [3.05, 3.63) is 64.3 Å². The van der Waals surface area contributed by atoms with Gasteiger partial charge in [0.2, 0.25) is 0 Å². The summed E-state index contributed by atoms with van der Waals surface area (Å²) in [6.45, 7) is 0. The fourth-order valence-corrected chi connectivity index (χ4v) is 2.59. The average Bonchev–Trinajstić information content (AvgIpc) is 2.55. The molecule has 0 fully saturated rings. The van der Waals surface area contributed by atoms with Crippen LogP contribution in [-0.2, 0) is 0 Å². The summed E-state index contributed by atoms with van der Waals surface area (Å²) in [7, 11) is 1.58. The second-order valence-electron chi connectivity index (χ2n) is 4.78. The smallest absolute Gasteiger partial charge is 0.137 e. The maximum atomic E-state index is 6.09. The number of aromatic nitrogens is 1. The highest BCUT2D eigenvalue weighted by Crippen LogP contribution is 2.25. The van der Waals surface area contributed by atoms with Crippen LogP contribution in [0.25, 0.3) is 10.9 Å². The Labute approximate surface area is 143 Å². The number of hydrogen-bond donors (Lipinski definition) is 1. The number of pyridine rings is 1. The van der Waals surface area contributed by atoms with Gasteiger partial charge in [-0.1, -0.05) is 23.2 Å². The Hall–Kier alpha value is -2.30. The van der Waals surface area contributed by atoms with Gasteiger partial charge in [0.25, 0.3) is 0 Å². The van der Waals surface area contributed by atoms with E-state index in [1.165, 1.54) is 0 Å². The molecule has 0 atom stereocenters. The Morgan fingerprint density at radius 1 is 1.13 bits per heavy atom. The zero-order valence-corrected chi connectivity index (χ0v) is 13.8. The van der Waals surface area contributed by atoms with E-state index in [2.05, 4.69) is 15.5 Å². The monoisotopic (exact) mass is 345 g/mol. The molecule has 3 rings (SSSR count). The van der Waals surface area contributed by atoms with Crippen molar-refractivity contribution in [3.8, 4) is 5.75 Å². The highest BCUT2D eigenvalue weighted by molar-refractivity contribution is 6.32. The summed E-state index contributed by atoms with van der Waals surface area (Å²) in [5, 5.41) is 6.39. The molecule has 3 aromatic rings. The Kier molecular flexibility index (Phi) is 4.65. The van der Waals surface area contributed by atoms with E-state index in [1.807, 2.05) is 30.3 Å². The lowest BCUT2D eigenvalue weighted by Gasteiger charge is -2.06. The normalized spacial score (nSPS) is 11.1. The van der Waals surface area contributed by atoms with Crippen LogP contribution in [0.15, 0.2) is 53.8 Å². The first-order valence-corrected chi connectivity index (χ1v) is 7.60. The molecule has 1 heterocycles. The van der Waals surface area contributed by atoms with Gasteiger partial charge in [-0.05, 0) is 48.0 Å². The molecule has 0 amide bonds. The summed E-state index contributed by atoms with van der Waals surface area (Å²) < 4.78 is 5.12. The molecule has 1 N–H and O–H groups in total. The van der Waals surface area contributed by atoms with Crippen molar-refractivity contribution in [2.45, 2.75) is 0 Å². The highest BCUT2D eigenvalue weighted by atomic mass is 35.5. The SMILES string of the molecule is COc1ccc(/C=N/Nc2ccnc3cc(Cl)ccc23)cc1Cl. The Balaban J connectivity index is 1.82. The minimum absolute atomic E-state index is 0.542. The van der Waals surface area contributed by atoms with Crippen LogP contribution in [0.4, 0.5) is 5.69 Å². The number of nitrogens with zero attached hydrogens (tertiary/aromatic N) is 2. The molecule has 0 bridgehead atoms. The van der Waals surface area contributed by atoms with Gasteiger partial charge in [-0.15, -0.1) is 0 Å². The molecule has 2 aromatic carbocycles. The van der Waals surface area contributed by atoms with Crippen molar-refractivity contribution in [1.29, 1.82) is 0 Å². The lowest BCUT2D eigenvalue weighted by atomic mass is 10.2. The van der Waals surface area contributed by atoms with Crippen molar-refractivity contribution >= 4 is 46.0 Å². The molecular formula is C17H13Cl2N3O. The number of nitrogens with one attached hydrogen (secondary N) is 1.